The van der Waals surface area contributed by atoms with Crippen molar-refractivity contribution in [3.63, 3.8) is 0 Å². The van der Waals surface area contributed by atoms with E-state index in [1.807, 2.05) is 25.1 Å². The summed E-state index contributed by atoms with van der Waals surface area (Å²) in [4.78, 5) is 21.2. The number of carbonyl (C=O) groups is 1. The number of amides is 1. The van der Waals surface area contributed by atoms with Crippen molar-refractivity contribution < 1.29 is 4.79 Å². The first-order chi connectivity index (χ1) is 13.5. The van der Waals surface area contributed by atoms with E-state index in [9.17, 15) is 4.79 Å². The molecule has 1 amide bonds. The lowest BCUT2D eigenvalue weighted by atomic mass is 10.1. The SMILES string of the molecule is C[C@@H](NC(=O)c1cc(Cl)cc(C2CC2)c1)c1ncnn1-c1ccc(C#N)cn1. The molecule has 0 saturated heterocycles. The number of nitrogens with zero attached hydrogens (tertiary/aromatic N) is 5. The van der Waals surface area contributed by atoms with E-state index in [4.69, 9.17) is 16.9 Å². The van der Waals surface area contributed by atoms with Crippen LogP contribution < -0.4 is 5.32 Å². The smallest absolute Gasteiger partial charge is 0.251 e. The minimum atomic E-state index is -0.407. The van der Waals surface area contributed by atoms with Gasteiger partial charge in [-0.3, -0.25) is 4.79 Å². The second-order valence-electron chi connectivity index (χ2n) is 6.79. The first kappa shape index (κ1) is 18.1. The van der Waals surface area contributed by atoms with Gasteiger partial charge in [-0.15, -0.1) is 0 Å². The Kier molecular flexibility index (Phi) is 4.80. The fourth-order valence-corrected chi connectivity index (χ4v) is 3.28. The highest BCUT2D eigenvalue weighted by atomic mass is 35.5. The topological polar surface area (TPSA) is 96.5 Å². The van der Waals surface area contributed by atoms with Crippen LogP contribution in [0.3, 0.4) is 0 Å². The zero-order valence-electron chi connectivity index (χ0n) is 15.1. The zero-order chi connectivity index (χ0) is 19.7. The van der Waals surface area contributed by atoms with Gasteiger partial charge in [0, 0.05) is 16.8 Å². The van der Waals surface area contributed by atoms with Crippen LogP contribution in [-0.2, 0) is 0 Å². The predicted molar refractivity (Wildman–Crippen MR) is 103 cm³/mol. The number of aromatic nitrogens is 4. The summed E-state index contributed by atoms with van der Waals surface area (Å²) in [5, 5.41) is 16.6. The summed E-state index contributed by atoms with van der Waals surface area (Å²) in [7, 11) is 0. The highest BCUT2D eigenvalue weighted by molar-refractivity contribution is 6.31. The van der Waals surface area contributed by atoms with Gasteiger partial charge in [-0.25, -0.2) is 9.97 Å². The molecule has 1 aromatic carbocycles. The summed E-state index contributed by atoms with van der Waals surface area (Å²) in [5.74, 6) is 1.34. The van der Waals surface area contributed by atoms with E-state index in [-0.39, 0.29) is 5.91 Å². The van der Waals surface area contributed by atoms with E-state index in [0.717, 1.165) is 18.4 Å². The molecule has 7 nitrogen and oxygen atoms in total. The maximum absolute atomic E-state index is 12.8. The number of halogens is 1. The molecule has 8 heteroatoms. The van der Waals surface area contributed by atoms with Crippen molar-refractivity contribution in [3.8, 4) is 11.9 Å². The number of hydrogen-bond donors (Lipinski definition) is 1. The van der Waals surface area contributed by atoms with Crippen molar-refractivity contribution in [1.82, 2.24) is 25.1 Å². The molecular weight excluding hydrogens is 376 g/mol. The number of pyridine rings is 1. The molecule has 0 unspecified atom stereocenters. The normalized spacial score (nSPS) is 14.3. The molecule has 28 heavy (non-hydrogen) atoms. The largest absolute Gasteiger partial charge is 0.342 e. The Hall–Kier alpha value is -3.24. The maximum atomic E-state index is 12.8. The van der Waals surface area contributed by atoms with E-state index >= 15 is 0 Å². The number of rotatable bonds is 5. The Morgan fingerprint density at radius 1 is 1.32 bits per heavy atom. The highest BCUT2D eigenvalue weighted by Crippen LogP contribution is 2.41. The van der Waals surface area contributed by atoms with Crippen LogP contribution >= 0.6 is 11.6 Å². The van der Waals surface area contributed by atoms with E-state index in [1.165, 1.54) is 12.5 Å². The standard InChI is InChI=1S/C20H17ClN6O/c1-12(19-24-11-25-27(19)18-5-2-13(9-22)10-23-18)26-20(28)16-6-15(14-3-4-14)7-17(21)8-16/h2,5-8,10-12,14H,3-4H2,1H3,(H,26,28)/t12-/m1/s1. The van der Waals surface area contributed by atoms with E-state index < -0.39 is 6.04 Å². The van der Waals surface area contributed by atoms with Gasteiger partial charge < -0.3 is 5.32 Å². The molecule has 1 atom stereocenters. The van der Waals surface area contributed by atoms with Gasteiger partial charge in [0.2, 0.25) is 0 Å². The van der Waals surface area contributed by atoms with Crippen molar-refractivity contribution >= 4 is 17.5 Å². The molecule has 1 aliphatic carbocycles. The Bertz CT molecular complexity index is 1070. The third-order valence-corrected chi connectivity index (χ3v) is 4.85. The molecule has 2 heterocycles. The minimum Gasteiger partial charge on any atom is -0.342 e. The maximum Gasteiger partial charge on any atom is 0.251 e. The Morgan fingerprint density at radius 2 is 2.14 bits per heavy atom. The van der Waals surface area contributed by atoms with Gasteiger partial charge in [0.15, 0.2) is 11.6 Å². The van der Waals surface area contributed by atoms with Crippen molar-refractivity contribution in [2.24, 2.45) is 0 Å². The average molecular weight is 393 g/mol. The zero-order valence-corrected chi connectivity index (χ0v) is 15.9. The Morgan fingerprint density at radius 3 is 2.82 bits per heavy atom. The van der Waals surface area contributed by atoms with Crippen molar-refractivity contribution in [2.75, 3.05) is 0 Å². The van der Waals surface area contributed by atoms with Crippen LogP contribution in [-0.4, -0.2) is 25.7 Å². The number of carbonyl (C=O) groups excluding carboxylic acids is 1. The second-order valence-corrected chi connectivity index (χ2v) is 7.23. The summed E-state index contributed by atoms with van der Waals surface area (Å²) < 4.78 is 1.54. The number of nitrogens with one attached hydrogen (secondary N) is 1. The summed E-state index contributed by atoms with van der Waals surface area (Å²) >= 11 is 6.19. The van der Waals surface area contributed by atoms with Crippen molar-refractivity contribution in [1.29, 1.82) is 5.26 Å². The molecule has 1 N–H and O–H groups in total. The minimum absolute atomic E-state index is 0.223. The fraction of sp³-hybridized carbons (Fsp3) is 0.250. The summed E-state index contributed by atoms with van der Waals surface area (Å²) in [6.07, 6.45) is 5.15. The number of hydrogen-bond acceptors (Lipinski definition) is 5. The van der Waals surface area contributed by atoms with Crippen LogP contribution in [0.25, 0.3) is 5.82 Å². The highest BCUT2D eigenvalue weighted by Gasteiger charge is 2.25. The summed E-state index contributed by atoms with van der Waals surface area (Å²) in [6.45, 7) is 1.83. The molecule has 140 valence electrons. The molecule has 1 saturated carbocycles. The predicted octanol–water partition coefficient (Wildman–Crippen LogP) is 3.56. The summed E-state index contributed by atoms with van der Waals surface area (Å²) in [6, 6.07) is 10.5. The van der Waals surface area contributed by atoms with Gasteiger partial charge >= 0.3 is 0 Å². The van der Waals surface area contributed by atoms with Gasteiger partial charge in [-0.1, -0.05) is 11.6 Å². The van der Waals surface area contributed by atoms with E-state index in [2.05, 4.69) is 20.4 Å². The van der Waals surface area contributed by atoms with E-state index in [1.54, 1.807) is 22.9 Å². The van der Waals surface area contributed by atoms with Crippen LogP contribution in [0.5, 0.6) is 0 Å². The Balaban J connectivity index is 1.54. The fourth-order valence-electron chi connectivity index (χ4n) is 3.04. The number of nitriles is 1. The molecule has 0 aliphatic heterocycles. The lowest BCUT2D eigenvalue weighted by Gasteiger charge is -2.15. The molecule has 2 aromatic heterocycles. The van der Waals surface area contributed by atoms with Gasteiger partial charge in [0.1, 0.15) is 12.4 Å². The molecule has 0 radical (unpaired) electrons. The third-order valence-electron chi connectivity index (χ3n) is 4.63. The molecular formula is C20H17ClN6O. The van der Waals surface area contributed by atoms with Gasteiger partial charge in [0.25, 0.3) is 5.91 Å². The van der Waals surface area contributed by atoms with Crippen LogP contribution in [0.2, 0.25) is 5.02 Å². The van der Waals surface area contributed by atoms with Crippen molar-refractivity contribution in [2.45, 2.75) is 31.7 Å². The summed E-state index contributed by atoms with van der Waals surface area (Å²) in [5.41, 5.74) is 2.10. The third kappa shape index (κ3) is 3.73. The quantitative estimate of drug-likeness (QED) is 0.716. The van der Waals surface area contributed by atoms with Crippen LogP contribution in [0.15, 0.2) is 42.9 Å². The van der Waals surface area contributed by atoms with Gasteiger partial charge in [-0.05, 0) is 61.6 Å². The second kappa shape index (κ2) is 7.41. The van der Waals surface area contributed by atoms with Crippen LogP contribution in [0, 0.1) is 11.3 Å². The van der Waals surface area contributed by atoms with Gasteiger partial charge in [-0.2, -0.15) is 15.0 Å². The molecule has 1 fully saturated rings. The molecule has 3 aromatic rings. The van der Waals surface area contributed by atoms with Crippen LogP contribution in [0.1, 0.15) is 59.0 Å². The lowest BCUT2D eigenvalue weighted by molar-refractivity contribution is 0.0937. The van der Waals surface area contributed by atoms with Crippen molar-refractivity contribution in [3.05, 3.63) is 70.4 Å². The number of benzene rings is 1. The first-order valence-electron chi connectivity index (χ1n) is 8.93. The van der Waals surface area contributed by atoms with Crippen LogP contribution in [0.4, 0.5) is 0 Å². The first-order valence-corrected chi connectivity index (χ1v) is 9.30. The Labute approximate surface area is 167 Å². The molecule has 4 rings (SSSR count). The average Bonchev–Trinajstić information content (AvgIpc) is 3.44. The molecule has 0 bridgehead atoms. The van der Waals surface area contributed by atoms with E-state index in [0.29, 0.717) is 33.7 Å². The molecule has 0 spiro atoms. The monoisotopic (exact) mass is 392 g/mol. The van der Waals surface area contributed by atoms with Gasteiger partial charge in [0.05, 0.1) is 11.6 Å². The lowest BCUT2D eigenvalue weighted by Crippen LogP contribution is -2.29. The molecule has 1 aliphatic rings.